The molecule has 0 aromatic heterocycles. The molecule has 3 rings (SSSR count). The van der Waals surface area contributed by atoms with Crippen molar-refractivity contribution in [3.05, 3.63) is 65.1 Å². The number of rotatable bonds is 5. The van der Waals surface area contributed by atoms with Crippen molar-refractivity contribution in [1.29, 1.82) is 0 Å². The molecule has 1 aliphatic heterocycles. The van der Waals surface area contributed by atoms with E-state index in [0.717, 1.165) is 23.0 Å². The van der Waals surface area contributed by atoms with Crippen LogP contribution < -0.4 is 15.8 Å². The van der Waals surface area contributed by atoms with Crippen LogP contribution in [0.15, 0.2) is 64.5 Å². The zero-order chi connectivity index (χ0) is 17.6. The summed E-state index contributed by atoms with van der Waals surface area (Å²) in [6.07, 6.45) is 1.83. The van der Waals surface area contributed by atoms with E-state index >= 15 is 0 Å². The van der Waals surface area contributed by atoms with Crippen molar-refractivity contribution in [2.45, 2.75) is 0 Å². The fourth-order valence-corrected chi connectivity index (χ4v) is 2.88. The molecule has 0 unspecified atom stereocenters. The van der Waals surface area contributed by atoms with Gasteiger partial charge in [0, 0.05) is 0 Å². The molecule has 7 heteroatoms. The van der Waals surface area contributed by atoms with Gasteiger partial charge in [-0.3, -0.25) is 9.59 Å². The van der Waals surface area contributed by atoms with Crippen molar-refractivity contribution < 1.29 is 14.3 Å². The highest BCUT2D eigenvalue weighted by atomic mass is 32.2. The Morgan fingerprint density at radius 1 is 1.20 bits per heavy atom. The molecule has 0 saturated carbocycles. The molecule has 2 amide bonds. The lowest BCUT2D eigenvalue weighted by Crippen LogP contribution is -2.20. The molecule has 3 N–H and O–H groups in total. The molecule has 6 nitrogen and oxygen atoms in total. The molecule has 0 spiro atoms. The lowest BCUT2D eigenvalue weighted by atomic mass is 10.2. The zero-order valence-corrected chi connectivity index (χ0v) is 14.0. The highest BCUT2D eigenvalue weighted by Crippen LogP contribution is 2.29. The monoisotopic (exact) mass is 353 g/mol. The second kappa shape index (κ2) is 7.67. The third kappa shape index (κ3) is 4.71. The number of carbonyl (C=O) groups is 2. The van der Waals surface area contributed by atoms with Crippen LogP contribution >= 0.6 is 11.8 Å². The number of primary amides is 1. The predicted molar refractivity (Wildman–Crippen MR) is 98.8 cm³/mol. The minimum atomic E-state index is -0.540. The largest absolute Gasteiger partial charge is 0.484 e. The number of para-hydroxylation sites is 1. The molecule has 2 aromatic rings. The summed E-state index contributed by atoms with van der Waals surface area (Å²) in [5, 5.41) is 2.56. The van der Waals surface area contributed by atoms with Gasteiger partial charge in [-0.15, -0.1) is 0 Å². The summed E-state index contributed by atoms with van der Waals surface area (Å²) in [6, 6.07) is 16.5. The van der Waals surface area contributed by atoms with Gasteiger partial charge in [0.15, 0.2) is 6.61 Å². The van der Waals surface area contributed by atoms with Gasteiger partial charge in [-0.2, -0.15) is 0 Å². The van der Waals surface area contributed by atoms with E-state index in [-0.39, 0.29) is 11.8 Å². The molecule has 0 radical (unpaired) electrons. The van der Waals surface area contributed by atoms with E-state index in [1.807, 2.05) is 42.5 Å². The summed E-state index contributed by atoms with van der Waals surface area (Å²) >= 11 is 1.08. The molecule has 1 fully saturated rings. The van der Waals surface area contributed by atoms with Gasteiger partial charge >= 0.3 is 0 Å². The van der Waals surface area contributed by atoms with E-state index in [2.05, 4.69) is 10.3 Å². The smallest absolute Gasteiger partial charge is 0.289 e. The first kappa shape index (κ1) is 16.8. The van der Waals surface area contributed by atoms with E-state index in [0.29, 0.717) is 16.5 Å². The Labute approximate surface area is 148 Å². The van der Waals surface area contributed by atoms with E-state index in [4.69, 9.17) is 10.5 Å². The number of amides is 2. The summed E-state index contributed by atoms with van der Waals surface area (Å²) in [5.74, 6) is 0.490. The Hall–Kier alpha value is -3.06. The van der Waals surface area contributed by atoms with Crippen LogP contribution in [0.4, 0.5) is 10.5 Å². The Bertz CT molecular complexity index is 863. The molecule has 1 heterocycles. The quantitative estimate of drug-likeness (QED) is 0.864. The molecular formula is C18H15N3O3S. The number of hydrogen-bond acceptors (Lipinski definition) is 5. The molecule has 25 heavy (non-hydrogen) atoms. The van der Waals surface area contributed by atoms with Crippen molar-refractivity contribution in [3.8, 4) is 5.75 Å². The molecular weight excluding hydrogens is 338 g/mol. The van der Waals surface area contributed by atoms with E-state index in [1.165, 1.54) is 0 Å². The summed E-state index contributed by atoms with van der Waals surface area (Å²) in [5.41, 5.74) is 6.65. The molecule has 0 atom stereocenters. The Morgan fingerprint density at radius 2 is 2.00 bits per heavy atom. The van der Waals surface area contributed by atoms with Gasteiger partial charge in [0.1, 0.15) is 11.6 Å². The molecule has 0 aliphatic carbocycles. The minimum absolute atomic E-state index is 0.179. The van der Waals surface area contributed by atoms with Crippen LogP contribution in [0.25, 0.3) is 6.08 Å². The highest BCUT2D eigenvalue weighted by Gasteiger charge is 2.23. The molecule has 126 valence electrons. The van der Waals surface area contributed by atoms with Gasteiger partial charge in [0.2, 0.25) is 0 Å². The number of hydrogen-bond donors (Lipinski definition) is 2. The van der Waals surface area contributed by atoms with Crippen molar-refractivity contribution in [2.24, 2.45) is 10.7 Å². The summed E-state index contributed by atoms with van der Waals surface area (Å²) in [4.78, 5) is 27.7. The maximum absolute atomic E-state index is 11.7. The predicted octanol–water partition coefficient (Wildman–Crippen LogP) is 3.08. The number of thioether (sulfide) groups is 1. The average Bonchev–Trinajstić information content (AvgIpc) is 2.93. The lowest BCUT2D eigenvalue weighted by Gasteiger charge is -2.05. The summed E-state index contributed by atoms with van der Waals surface area (Å²) in [7, 11) is 0. The van der Waals surface area contributed by atoms with E-state index in [1.54, 1.807) is 18.2 Å². The SMILES string of the molecule is NC(=O)COc1cccc(C=C2SC(=O)NC2=Nc2ccccc2)c1. The summed E-state index contributed by atoms with van der Waals surface area (Å²) < 4.78 is 5.29. The highest BCUT2D eigenvalue weighted by molar-refractivity contribution is 8.18. The standard InChI is InChI=1S/C18H15N3O3S/c19-16(22)11-24-14-8-4-5-12(9-14)10-15-17(21-18(23)25-15)20-13-6-2-1-3-7-13/h1-10H,11H2,(H2,19,22)(H,20,21,23). The number of nitrogens with two attached hydrogens (primary N) is 1. The number of aliphatic imine (C=N–C) groups is 1. The van der Waals surface area contributed by atoms with Gasteiger partial charge in [-0.05, 0) is 47.7 Å². The van der Waals surface area contributed by atoms with Gasteiger partial charge < -0.3 is 15.8 Å². The Balaban J connectivity index is 1.86. The first-order valence-electron chi connectivity index (χ1n) is 7.46. The number of benzene rings is 2. The maximum Gasteiger partial charge on any atom is 0.289 e. The maximum atomic E-state index is 11.7. The van der Waals surface area contributed by atoms with Crippen LogP contribution in [-0.4, -0.2) is 23.6 Å². The van der Waals surface area contributed by atoms with Crippen LogP contribution in [0.1, 0.15) is 5.56 Å². The second-order valence-corrected chi connectivity index (χ2v) is 6.16. The van der Waals surface area contributed by atoms with Crippen molar-refractivity contribution in [3.63, 3.8) is 0 Å². The van der Waals surface area contributed by atoms with Crippen LogP contribution in [-0.2, 0) is 4.79 Å². The Morgan fingerprint density at radius 3 is 2.76 bits per heavy atom. The van der Waals surface area contributed by atoms with Gasteiger partial charge in [-0.25, -0.2) is 4.99 Å². The average molecular weight is 353 g/mol. The van der Waals surface area contributed by atoms with Crippen LogP contribution in [0.2, 0.25) is 0 Å². The van der Waals surface area contributed by atoms with Crippen molar-refractivity contribution in [1.82, 2.24) is 5.32 Å². The first-order valence-corrected chi connectivity index (χ1v) is 8.27. The Kier molecular flexibility index (Phi) is 5.15. The third-order valence-corrected chi connectivity index (χ3v) is 4.01. The van der Waals surface area contributed by atoms with Gasteiger partial charge in [-0.1, -0.05) is 30.3 Å². The number of amidine groups is 1. The third-order valence-electron chi connectivity index (χ3n) is 3.19. The van der Waals surface area contributed by atoms with Crippen LogP contribution in [0, 0.1) is 0 Å². The normalized spacial score (nSPS) is 16.9. The van der Waals surface area contributed by atoms with Crippen molar-refractivity contribution in [2.75, 3.05) is 6.61 Å². The van der Waals surface area contributed by atoms with Gasteiger partial charge in [0.05, 0.1) is 10.6 Å². The first-order chi connectivity index (χ1) is 12.1. The van der Waals surface area contributed by atoms with Crippen molar-refractivity contribution >= 4 is 40.5 Å². The number of nitrogens with zero attached hydrogens (tertiary/aromatic N) is 1. The molecule has 1 saturated heterocycles. The van der Waals surface area contributed by atoms with Gasteiger partial charge in [0.25, 0.3) is 11.1 Å². The molecule has 1 aliphatic rings. The van der Waals surface area contributed by atoms with E-state index < -0.39 is 5.91 Å². The minimum Gasteiger partial charge on any atom is -0.484 e. The molecule has 2 aromatic carbocycles. The van der Waals surface area contributed by atoms with Crippen LogP contribution in [0.3, 0.4) is 0 Å². The van der Waals surface area contributed by atoms with E-state index in [9.17, 15) is 9.59 Å². The lowest BCUT2D eigenvalue weighted by molar-refractivity contribution is -0.119. The topological polar surface area (TPSA) is 93.8 Å². The second-order valence-electron chi connectivity index (χ2n) is 5.15. The molecule has 0 bridgehead atoms. The summed E-state index contributed by atoms with van der Waals surface area (Å²) in [6.45, 7) is -0.185. The number of nitrogens with one attached hydrogen (secondary N) is 1. The van der Waals surface area contributed by atoms with Crippen LogP contribution in [0.5, 0.6) is 5.75 Å². The fraction of sp³-hybridized carbons (Fsp3) is 0.0556. The fourth-order valence-electron chi connectivity index (χ4n) is 2.14. The number of ether oxygens (including phenoxy) is 1. The zero-order valence-electron chi connectivity index (χ0n) is 13.1. The number of carbonyl (C=O) groups excluding carboxylic acids is 2.